The molecular weight excluding hydrogens is 330 g/mol. The number of methoxy groups -OCH3 is 1. The van der Waals surface area contributed by atoms with Crippen LogP contribution >= 0.6 is 0 Å². The molecule has 1 aliphatic heterocycles. The molecule has 1 aliphatic rings. The van der Waals surface area contributed by atoms with Crippen LogP contribution in [0.2, 0.25) is 0 Å². The Labute approximate surface area is 157 Å². The van der Waals surface area contributed by atoms with Gasteiger partial charge in [0.05, 0.1) is 20.3 Å². The molecule has 0 radical (unpaired) electrons. The zero-order chi connectivity index (χ0) is 18.8. The van der Waals surface area contributed by atoms with E-state index in [4.69, 9.17) is 9.47 Å². The maximum absolute atomic E-state index is 5.50. The van der Waals surface area contributed by atoms with Gasteiger partial charge >= 0.3 is 0 Å². The first kappa shape index (κ1) is 20.5. The minimum absolute atomic E-state index is 0.477. The van der Waals surface area contributed by atoms with E-state index in [0.29, 0.717) is 24.4 Å². The summed E-state index contributed by atoms with van der Waals surface area (Å²) < 4.78 is 10.8. The molecular formula is C19H33N5O2. The summed E-state index contributed by atoms with van der Waals surface area (Å²) in [6.07, 6.45) is 2.88. The standard InChI is InChI=1S/C19H33N5O2/c1-15(2)12-17(24-8-10-26-11-9-24)14-23-19(20-3)22-13-16-6-5-7-21-18(16)25-4/h5-7,15,17H,8-14H2,1-4H3,(H2,20,22,23). The molecule has 2 N–H and O–H groups in total. The molecule has 1 atom stereocenters. The van der Waals surface area contributed by atoms with Gasteiger partial charge in [-0.3, -0.25) is 9.89 Å². The molecule has 7 heteroatoms. The Morgan fingerprint density at radius 3 is 2.77 bits per heavy atom. The normalized spacial score (nSPS) is 17.2. The predicted octanol–water partition coefficient (Wildman–Crippen LogP) is 1.50. The van der Waals surface area contributed by atoms with Gasteiger partial charge in [0.25, 0.3) is 0 Å². The molecule has 1 aromatic heterocycles. The van der Waals surface area contributed by atoms with Crippen molar-refractivity contribution in [2.75, 3.05) is 47.0 Å². The van der Waals surface area contributed by atoms with Crippen LogP contribution in [0.5, 0.6) is 5.88 Å². The van der Waals surface area contributed by atoms with Gasteiger partial charge in [-0.2, -0.15) is 0 Å². The summed E-state index contributed by atoms with van der Waals surface area (Å²) in [4.78, 5) is 11.1. The van der Waals surface area contributed by atoms with Crippen molar-refractivity contribution in [3.8, 4) is 5.88 Å². The van der Waals surface area contributed by atoms with Gasteiger partial charge in [-0.15, -0.1) is 0 Å². The van der Waals surface area contributed by atoms with E-state index in [9.17, 15) is 0 Å². The average molecular weight is 364 g/mol. The molecule has 0 saturated carbocycles. The molecule has 7 nitrogen and oxygen atoms in total. The number of ether oxygens (including phenoxy) is 2. The van der Waals surface area contributed by atoms with E-state index in [0.717, 1.165) is 50.8 Å². The van der Waals surface area contributed by atoms with Crippen LogP contribution in [0.4, 0.5) is 0 Å². The van der Waals surface area contributed by atoms with Crippen molar-refractivity contribution in [1.29, 1.82) is 0 Å². The second-order valence-corrected chi connectivity index (χ2v) is 6.91. The van der Waals surface area contributed by atoms with Gasteiger partial charge < -0.3 is 20.1 Å². The van der Waals surface area contributed by atoms with Crippen molar-refractivity contribution in [3.63, 3.8) is 0 Å². The summed E-state index contributed by atoms with van der Waals surface area (Å²) in [5.41, 5.74) is 1.00. The van der Waals surface area contributed by atoms with Crippen molar-refractivity contribution in [3.05, 3.63) is 23.9 Å². The van der Waals surface area contributed by atoms with E-state index in [1.807, 2.05) is 12.1 Å². The summed E-state index contributed by atoms with van der Waals surface area (Å²) in [6, 6.07) is 4.39. The molecule has 146 valence electrons. The molecule has 1 aromatic rings. The zero-order valence-corrected chi connectivity index (χ0v) is 16.5. The van der Waals surface area contributed by atoms with Gasteiger partial charge in [0.1, 0.15) is 0 Å². The van der Waals surface area contributed by atoms with Crippen LogP contribution in [-0.4, -0.2) is 68.9 Å². The number of morpholine rings is 1. The number of hydrogen-bond donors (Lipinski definition) is 2. The number of nitrogens with one attached hydrogen (secondary N) is 2. The Balaban J connectivity index is 1.88. The third-order valence-electron chi connectivity index (χ3n) is 4.52. The predicted molar refractivity (Wildman–Crippen MR) is 105 cm³/mol. The van der Waals surface area contributed by atoms with Gasteiger partial charge in [-0.25, -0.2) is 4.98 Å². The first-order valence-corrected chi connectivity index (χ1v) is 9.38. The van der Waals surface area contributed by atoms with Gasteiger partial charge in [0, 0.05) is 51.0 Å². The number of pyridine rings is 1. The Morgan fingerprint density at radius 2 is 2.12 bits per heavy atom. The van der Waals surface area contributed by atoms with Crippen LogP contribution in [0.1, 0.15) is 25.8 Å². The Kier molecular flexibility index (Phi) is 8.64. The highest BCUT2D eigenvalue weighted by atomic mass is 16.5. The Morgan fingerprint density at radius 1 is 1.35 bits per heavy atom. The number of rotatable bonds is 8. The maximum Gasteiger partial charge on any atom is 0.218 e. The molecule has 1 saturated heterocycles. The topological polar surface area (TPSA) is 71.0 Å². The number of aromatic nitrogens is 1. The van der Waals surface area contributed by atoms with Crippen molar-refractivity contribution in [1.82, 2.24) is 20.5 Å². The third-order valence-corrected chi connectivity index (χ3v) is 4.52. The lowest BCUT2D eigenvalue weighted by atomic mass is 10.0. The van der Waals surface area contributed by atoms with Crippen molar-refractivity contribution in [2.45, 2.75) is 32.9 Å². The van der Waals surface area contributed by atoms with Crippen molar-refractivity contribution < 1.29 is 9.47 Å². The highest BCUT2D eigenvalue weighted by Crippen LogP contribution is 2.14. The van der Waals surface area contributed by atoms with E-state index in [1.165, 1.54) is 0 Å². The first-order valence-electron chi connectivity index (χ1n) is 9.38. The number of hydrogen-bond acceptors (Lipinski definition) is 5. The summed E-state index contributed by atoms with van der Waals surface area (Å²) >= 11 is 0. The molecule has 2 heterocycles. The lowest BCUT2D eigenvalue weighted by Crippen LogP contribution is -2.51. The lowest BCUT2D eigenvalue weighted by Gasteiger charge is -2.35. The summed E-state index contributed by atoms with van der Waals surface area (Å²) in [5, 5.41) is 6.82. The van der Waals surface area contributed by atoms with Gasteiger partial charge in [0.2, 0.25) is 5.88 Å². The van der Waals surface area contributed by atoms with E-state index in [1.54, 1.807) is 20.4 Å². The largest absolute Gasteiger partial charge is 0.481 e. The molecule has 1 unspecified atom stereocenters. The third kappa shape index (κ3) is 6.46. The molecule has 26 heavy (non-hydrogen) atoms. The van der Waals surface area contributed by atoms with Gasteiger partial charge in [0.15, 0.2) is 5.96 Å². The second-order valence-electron chi connectivity index (χ2n) is 6.91. The highest BCUT2D eigenvalue weighted by Gasteiger charge is 2.22. The van der Waals surface area contributed by atoms with Gasteiger partial charge in [-0.1, -0.05) is 19.9 Å². The van der Waals surface area contributed by atoms with Crippen LogP contribution in [-0.2, 0) is 11.3 Å². The van der Waals surface area contributed by atoms with Crippen molar-refractivity contribution in [2.24, 2.45) is 10.9 Å². The molecule has 0 amide bonds. The lowest BCUT2D eigenvalue weighted by molar-refractivity contribution is 0.0132. The molecule has 1 fully saturated rings. The van der Waals surface area contributed by atoms with Crippen molar-refractivity contribution >= 4 is 5.96 Å². The quantitative estimate of drug-likeness (QED) is 0.539. The Bertz CT molecular complexity index is 559. The van der Waals surface area contributed by atoms with Gasteiger partial charge in [-0.05, 0) is 18.4 Å². The maximum atomic E-state index is 5.50. The summed E-state index contributed by atoms with van der Waals surface area (Å²) in [7, 11) is 3.43. The van der Waals surface area contributed by atoms with Crippen LogP contribution in [0, 0.1) is 5.92 Å². The molecule has 0 aromatic carbocycles. The van der Waals surface area contributed by atoms with Crippen LogP contribution < -0.4 is 15.4 Å². The SMILES string of the molecule is CN=C(NCc1cccnc1OC)NCC(CC(C)C)N1CCOCC1. The fourth-order valence-electron chi connectivity index (χ4n) is 3.20. The summed E-state index contributed by atoms with van der Waals surface area (Å²) in [6.45, 7) is 9.66. The number of aliphatic imine (C=N–C) groups is 1. The van der Waals surface area contributed by atoms with E-state index >= 15 is 0 Å². The molecule has 0 bridgehead atoms. The van der Waals surface area contributed by atoms with E-state index < -0.39 is 0 Å². The number of nitrogens with zero attached hydrogens (tertiary/aromatic N) is 3. The minimum Gasteiger partial charge on any atom is -0.481 e. The highest BCUT2D eigenvalue weighted by molar-refractivity contribution is 5.79. The first-order chi connectivity index (χ1) is 12.6. The fraction of sp³-hybridized carbons (Fsp3) is 0.684. The fourth-order valence-corrected chi connectivity index (χ4v) is 3.20. The monoisotopic (exact) mass is 363 g/mol. The van der Waals surface area contributed by atoms with Crippen LogP contribution in [0.15, 0.2) is 23.3 Å². The minimum atomic E-state index is 0.477. The average Bonchev–Trinajstić information content (AvgIpc) is 2.67. The zero-order valence-electron chi connectivity index (χ0n) is 16.5. The van der Waals surface area contributed by atoms with Crippen LogP contribution in [0.3, 0.4) is 0 Å². The van der Waals surface area contributed by atoms with Crippen LogP contribution in [0.25, 0.3) is 0 Å². The molecule has 0 spiro atoms. The Hall–Kier alpha value is -1.86. The molecule has 2 rings (SSSR count). The smallest absolute Gasteiger partial charge is 0.218 e. The second kappa shape index (κ2) is 11.0. The summed E-state index contributed by atoms with van der Waals surface area (Å²) in [5.74, 6) is 2.08. The molecule has 0 aliphatic carbocycles. The number of guanidine groups is 1. The van der Waals surface area contributed by atoms with E-state index in [2.05, 4.69) is 39.4 Å². The van der Waals surface area contributed by atoms with E-state index in [-0.39, 0.29) is 0 Å².